The number of hydrogen-bond acceptors (Lipinski definition) is 8. The SMILES string of the molecule is COc1ccc(-n2nnnc2SCC(=O)Nc2ccnn2Cc2ccccc2)c(OC)c1. The monoisotopic (exact) mass is 451 g/mol. The summed E-state index contributed by atoms with van der Waals surface area (Å²) < 4.78 is 13.9. The Morgan fingerprint density at radius 1 is 1.09 bits per heavy atom. The lowest BCUT2D eigenvalue weighted by Crippen LogP contribution is -2.18. The highest BCUT2D eigenvalue weighted by atomic mass is 32.2. The Kier molecular flexibility index (Phi) is 6.66. The summed E-state index contributed by atoms with van der Waals surface area (Å²) >= 11 is 1.22. The van der Waals surface area contributed by atoms with Crippen LogP contribution in [0.2, 0.25) is 0 Å². The topological polar surface area (TPSA) is 109 Å². The molecule has 0 spiro atoms. The van der Waals surface area contributed by atoms with Gasteiger partial charge in [0.1, 0.15) is 23.0 Å². The number of aromatic nitrogens is 6. The Morgan fingerprint density at radius 2 is 1.94 bits per heavy atom. The Labute approximate surface area is 188 Å². The fourth-order valence-corrected chi connectivity index (χ4v) is 3.69. The summed E-state index contributed by atoms with van der Waals surface area (Å²) in [4.78, 5) is 12.6. The number of nitrogens with one attached hydrogen (secondary N) is 1. The lowest BCUT2D eigenvalue weighted by atomic mass is 10.2. The molecule has 32 heavy (non-hydrogen) atoms. The molecule has 0 unspecified atom stereocenters. The van der Waals surface area contributed by atoms with Crippen molar-refractivity contribution in [3.63, 3.8) is 0 Å². The van der Waals surface area contributed by atoms with Gasteiger partial charge in [0.05, 0.1) is 32.7 Å². The quantitative estimate of drug-likeness (QED) is 0.387. The molecular formula is C21H21N7O3S. The van der Waals surface area contributed by atoms with Gasteiger partial charge >= 0.3 is 0 Å². The maximum atomic E-state index is 12.6. The van der Waals surface area contributed by atoms with Crippen molar-refractivity contribution in [1.29, 1.82) is 0 Å². The zero-order valence-corrected chi connectivity index (χ0v) is 18.3. The van der Waals surface area contributed by atoms with E-state index in [1.54, 1.807) is 49.4 Å². The van der Waals surface area contributed by atoms with Gasteiger partial charge in [-0.3, -0.25) is 4.79 Å². The van der Waals surface area contributed by atoms with Crippen LogP contribution < -0.4 is 14.8 Å². The molecule has 0 saturated carbocycles. The summed E-state index contributed by atoms with van der Waals surface area (Å²) in [5.74, 6) is 1.75. The number of benzene rings is 2. The molecule has 0 aliphatic heterocycles. The van der Waals surface area contributed by atoms with Crippen LogP contribution in [0.1, 0.15) is 5.56 Å². The molecule has 0 atom stereocenters. The van der Waals surface area contributed by atoms with E-state index in [0.29, 0.717) is 34.7 Å². The third-order valence-corrected chi connectivity index (χ3v) is 5.47. The molecule has 11 heteroatoms. The normalized spacial score (nSPS) is 10.7. The third kappa shape index (κ3) is 4.89. The van der Waals surface area contributed by atoms with Crippen molar-refractivity contribution in [2.45, 2.75) is 11.7 Å². The minimum atomic E-state index is -0.193. The van der Waals surface area contributed by atoms with Gasteiger partial charge in [-0.15, -0.1) is 5.10 Å². The lowest BCUT2D eigenvalue weighted by Gasteiger charge is -2.11. The predicted octanol–water partition coefficient (Wildman–Crippen LogP) is 2.66. The molecule has 0 bridgehead atoms. The summed E-state index contributed by atoms with van der Waals surface area (Å²) in [5.41, 5.74) is 1.73. The fraction of sp³-hybridized carbons (Fsp3) is 0.190. The van der Waals surface area contributed by atoms with E-state index >= 15 is 0 Å². The smallest absolute Gasteiger partial charge is 0.235 e. The minimum Gasteiger partial charge on any atom is -0.497 e. The molecule has 4 aromatic rings. The van der Waals surface area contributed by atoms with E-state index in [0.717, 1.165) is 5.56 Å². The largest absolute Gasteiger partial charge is 0.497 e. The van der Waals surface area contributed by atoms with Crippen LogP contribution in [0.5, 0.6) is 11.5 Å². The number of nitrogens with zero attached hydrogens (tertiary/aromatic N) is 6. The standard InChI is InChI=1S/C21H21N7O3S/c1-30-16-8-9-17(18(12-16)31-2)28-21(24-25-26-28)32-14-20(29)23-19-10-11-22-27(19)13-15-6-4-3-5-7-15/h3-12H,13-14H2,1-2H3,(H,23,29). The van der Waals surface area contributed by atoms with E-state index in [1.807, 2.05) is 30.3 Å². The summed E-state index contributed by atoms with van der Waals surface area (Å²) in [5, 5.41) is 19.5. The van der Waals surface area contributed by atoms with Gasteiger partial charge in [0.25, 0.3) is 0 Å². The van der Waals surface area contributed by atoms with Crippen molar-refractivity contribution in [3.8, 4) is 17.2 Å². The highest BCUT2D eigenvalue weighted by molar-refractivity contribution is 7.99. The first-order valence-electron chi connectivity index (χ1n) is 9.67. The van der Waals surface area contributed by atoms with E-state index in [2.05, 4.69) is 25.9 Å². The number of carbonyl (C=O) groups is 1. The van der Waals surface area contributed by atoms with Crippen LogP contribution in [0.25, 0.3) is 5.69 Å². The Bertz CT molecular complexity index is 1190. The van der Waals surface area contributed by atoms with Crippen molar-refractivity contribution in [2.75, 3.05) is 25.3 Å². The van der Waals surface area contributed by atoms with Crippen LogP contribution in [0.4, 0.5) is 5.82 Å². The molecule has 10 nitrogen and oxygen atoms in total. The Balaban J connectivity index is 1.42. The van der Waals surface area contributed by atoms with Gasteiger partial charge in [-0.1, -0.05) is 42.1 Å². The highest BCUT2D eigenvalue weighted by Gasteiger charge is 2.16. The van der Waals surface area contributed by atoms with Crippen molar-refractivity contribution in [3.05, 3.63) is 66.4 Å². The first-order valence-corrected chi connectivity index (χ1v) is 10.7. The molecule has 4 rings (SSSR count). The molecule has 0 aliphatic rings. The second kappa shape index (κ2) is 9.96. The average molecular weight is 452 g/mol. The number of ether oxygens (including phenoxy) is 2. The van der Waals surface area contributed by atoms with E-state index in [1.165, 1.54) is 16.4 Å². The molecule has 0 fully saturated rings. The molecule has 164 valence electrons. The van der Waals surface area contributed by atoms with Crippen LogP contribution >= 0.6 is 11.8 Å². The number of anilines is 1. The van der Waals surface area contributed by atoms with E-state index in [9.17, 15) is 4.79 Å². The molecule has 0 aliphatic carbocycles. The van der Waals surface area contributed by atoms with Crippen molar-refractivity contribution < 1.29 is 14.3 Å². The lowest BCUT2D eigenvalue weighted by molar-refractivity contribution is -0.113. The number of tetrazole rings is 1. The van der Waals surface area contributed by atoms with Gasteiger partial charge in [0.15, 0.2) is 0 Å². The Hall–Kier alpha value is -3.86. The third-order valence-electron chi connectivity index (χ3n) is 4.55. The molecule has 0 radical (unpaired) electrons. The van der Waals surface area contributed by atoms with Crippen molar-refractivity contribution in [1.82, 2.24) is 30.0 Å². The van der Waals surface area contributed by atoms with Crippen LogP contribution in [-0.2, 0) is 11.3 Å². The van der Waals surface area contributed by atoms with Crippen molar-refractivity contribution >= 4 is 23.5 Å². The zero-order valence-electron chi connectivity index (χ0n) is 17.5. The zero-order chi connectivity index (χ0) is 22.3. The second-order valence-corrected chi connectivity index (χ2v) is 7.55. The van der Waals surface area contributed by atoms with E-state index in [4.69, 9.17) is 9.47 Å². The van der Waals surface area contributed by atoms with Crippen molar-refractivity contribution in [2.24, 2.45) is 0 Å². The molecule has 0 saturated heterocycles. The van der Waals surface area contributed by atoms with Gasteiger partial charge in [-0.05, 0) is 28.1 Å². The summed E-state index contributed by atoms with van der Waals surface area (Å²) in [6.07, 6.45) is 1.65. The highest BCUT2D eigenvalue weighted by Crippen LogP contribution is 2.29. The first kappa shape index (κ1) is 21.4. The summed E-state index contributed by atoms with van der Waals surface area (Å²) in [7, 11) is 3.14. The van der Waals surface area contributed by atoms with Gasteiger partial charge in [0.2, 0.25) is 11.1 Å². The minimum absolute atomic E-state index is 0.120. The number of hydrogen-bond donors (Lipinski definition) is 1. The van der Waals surface area contributed by atoms with Gasteiger partial charge in [-0.2, -0.15) is 9.78 Å². The fourth-order valence-electron chi connectivity index (χ4n) is 3.01. The molecular weight excluding hydrogens is 430 g/mol. The molecule has 2 heterocycles. The number of carbonyl (C=O) groups excluding carboxylic acids is 1. The number of methoxy groups -OCH3 is 2. The average Bonchev–Trinajstić information content (AvgIpc) is 3.47. The number of rotatable bonds is 9. The molecule has 1 amide bonds. The summed E-state index contributed by atoms with van der Waals surface area (Å²) in [6, 6.07) is 17.0. The van der Waals surface area contributed by atoms with E-state index < -0.39 is 0 Å². The van der Waals surface area contributed by atoms with Gasteiger partial charge in [0, 0.05) is 12.1 Å². The van der Waals surface area contributed by atoms with Crippen LogP contribution in [0, 0.1) is 0 Å². The molecule has 2 aromatic carbocycles. The first-order chi connectivity index (χ1) is 15.7. The predicted molar refractivity (Wildman–Crippen MR) is 119 cm³/mol. The van der Waals surface area contributed by atoms with Crippen LogP contribution in [0.3, 0.4) is 0 Å². The maximum absolute atomic E-state index is 12.6. The van der Waals surface area contributed by atoms with Crippen LogP contribution in [0.15, 0.2) is 66.0 Å². The van der Waals surface area contributed by atoms with Gasteiger partial charge in [-0.25, -0.2) is 4.68 Å². The van der Waals surface area contributed by atoms with Gasteiger partial charge < -0.3 is 14.8 Å². The number of thioether (sulfide) groups is 1. The van der Waals surface area contributed by atoms with Crippen LogP contribution in [-0.4, -0.2) is 55.9 Å². The molecule has 1 N–H and O–H groups in total. The van der Waals surface area contributed by atoms with E-state index in [-0.39, 0.29) is 11.7 Å². The number of amides is 1. The second-order valence-electron chi connectivity index (χ2n) is 6.61. The summed E-state index contributed by atoms with van der Waals surface area (Å²) in [6.45, 7) is 0.562. The molecule has 2 aromatic heterocycles. The Morgan fingerprint density at radius 3 is 2.72 bits per heavy atom. The maximum Gasteiger partial charge on any atom is 0.235 e.